The highest BCUT2D eigenvalue weighted by Gasteiger charge is 2.30. The zero-order valence-corrected chi connectivity index (χ0v) is 12.7. The summed E-state index contributed by atoms with van der Waals surface area (Å²) in [5.74, 6) is -0.716. The van der Waals surface area contributed by atoms with Gasteiger partial charge in [-0.15, -0.1) is 0 Å². The fourth-order valence-corrected chi connectivity index (χ4v) is 2.68. The maximum atomic E-state index is 13.6. The molecule has 0 aromatic carbocycles. The Morgan fingerprint density at radius 2 is 2.23 bits per heavy atom. The molecule has 0 saturated carbocycles. The van der Waals surface area contributed by atoms with Crippen molar-refractivity contribution in [3.8, 4) is 0 Å². The predicted octanol–water partition coefficient (Wildman–Crippen LogP) is 2.28. The summed E-state index contributed by atoms with van der Waals surface area (Å²) < 4.78 is 38.1. The van der Waals surface area contributed by atoms with Crippen LogP contribution in [0, 0.1) is 11.2 Å². The Bertz CT molecular complexity index is 513. The van der Waals surface area contributed by atoms with Crippen LogP contribution in [0.5, 0.6) is 0 Å². The zero-order valence-electron chi connectivity index (χ0n) is 12.7. The van der Waals surface area contributed by atoms with Crippen molar-refractivity contribution in [2.24, 2.45) is 5.41 Å². The summed E-state index contributed by atoms with van der Waals surface area (Å²) in [6.45, 7) is 4.51. The van der Waals surface area contributed by atoms with Gasteiger partial charge < -0.3 is 15.3 Å². The Morgan fingerprint density at radius 1 is 1.50 bits per heavy atom. The molecular formula is C14H21F3N4O. The van der Waals surface area contributed by atoms with Gasteiger partial charge in [-0.25, -0.2) is 18.2 Å². The van der Waals surface area contributed by atoms with Crippen LogP contribution in [0.25, 0.3) is 0 Å². The molecule has 1 fully saturated rings. The molecule has 1 unspecified atom stereocenters. The highest BCUT2D eigenvalue weighted by molar-refractivity contribution is 5.43. The first-order chi connectivity index (χ1) is 10.3. The number of hydrogen-bond acceptors (Lipinski definition) is 5. The summed E-state index contributed by atoms with van der Waals surface area (Å²) in [6, 6.07) is 0. The van der Waals surface area contributed by atoms with Crippen LogP contribution in [0.1, 0.15) is 26.7 Å². The Labute approximate surface area is 127 Å². The third-order valence-corrected chi connectivity index (χ3v) is 3.58. The lowest BCUT2D eigenvalue weighted by atomic mass is 9.87. The second kappa shape index (κ2) is 6.68. The van der Waals surface area contributed by atoms with Gasteiger partial charge in [0.15, 0.2) is 11.6 Å². The van der Waals surface area contributed by atoms with E-state index in [1.165, 1.54) is 0 Å². The van der Waals surface area contributed by atoms with E-state index in [0.717, 1.165) is 6.20 Å². The summed E-state index contributed by atoms with van der Waals surface area (Å²) in [5, 5.41) is 12.2. The van der Waals surface area contributed by atoms with E-state index in [1.54, 1.807) is 0 Å². The van der Waals surface area contributed by atoms with E-state index in [9.17, 15) is 18.3 Å². The Balaban J connectivity index is 2.18. The van der Waals surface area contributed by atoms with Crippen LogP contribution in [0.3, 0.4) is 0 Å². The van der Waals surface area contributed by atoms with Crippen LogP contribution in [-0.4, -0.2) is 47.2 Å². The lowest BCUT2D eigenvalue weighted by Gasteiger charge is -2.29. The van der Waals surface area contributed by atoms with E-state index in [-0.39, 0.29) is 17.2 Å². The number of aliphatic hydroxyl groups excluding tert-OH is 1. The number of halogens is 3. The Kier molecular flexibility index (Phi) is 5.10. The molecule has 8 heteroatoms. The third kappa shape index (κ3) is 4.46. The minimum atomic E-state index is -2.59. The Hall–Kier alpha value is -1.57. The molecule has 5 nitrogen and oxygen atoms in total. The van der Waals surface area contributed by atoms with Crippen molar-refractivity contribution >= 4 is 11.8 Å². The first kappa shape index (κ1) is 16.8. The topological polar surface area (TPSA) is 61.3 Å². The molecule has 1 saturated heterocycles. The number of rotatable bonds is 4. The van der Waals surface area contributed by atoms with E-state index in [4.69, 9.17) is 0 Å². The molecule has 1 aromatic rings. The van der Waals surface area contributed by atoms with Gasteiger partial charge in [-0.1, -0.05) is 13.8 Å². The van der Waals surface area contributed by atoms with E-state index < -0.39 is 24.9 Å². The average Bonchev–Trinajstić information content (AvgIpc) is 2.55. The molecule has 1 aliphatic heterocycles. The van der Waals surface area contributed by atoms with Gasteiger partial charge in [0, 0.05) is 13.1 Å². The number of aromatic nitrogens is 2. The van der Waals surface area contributed by atoms with E-state index >= 15 is 0 Å². The maximum Gasteiger partial charge on any atom is 0.255 e. The number of hydrogen-bond donors (Lipinski definition) is 2. The van der Waals surface area contributed by atoms with Gasteiger partial charge >= 0.3 is 0 Å². The molecule has 0 radical (unpaired) electrons. The minimum absolute atomic E-state index is 0.149. The normalized spacial score (nSPS) is 21.8. The standard InChI is InChI=1S/C14H21F3N4O/c1-14(2)5-9(22)3-4-21(8-14)13-19-6-10(15)12(20-13)18-7-11(16)17/h6,9,11,22H,3-5,7-8H2,1-2H3,(H,18,19,20). The van der Waals surface area contributed by atoms with Gasteiger partial charge in [0.2, 0.25) is 5.95 Å². The van der Waals surface area contributed by atoms with Crippen LogP contribution in [0.4, 0.5) is 24.9 Å². The molecular weight excluding hydrogens is 297 g/mol. The SMILES string of the molecule is CC1(C)CC(O)CCN(c2ncc(F)c(NCC(F)F)n2)C1. The number of nitrogens with one attached hydrogen (secondary N) is 1. The van der Waals surface area contributed by atoms with Crippen LogP contribution in [0.15, 0.2) is 6.20 Å². The molecule has 2 heterocycles. The van der Waals surface area contributed by atoms with Gasteiger partial charge in [-0.3, -0.25) is 0 Å². The summed E-state index contributed by atoms with van der Waals surface area (Å²) >= 11 is 0. The fourth-order valence-electron chi connectivity index (χ4n) is 2.68. The van der Waals surface area contributed by atoms with Crippen molar-refractivity contribution in [3.63, 3.8) is 0 Å². The minimum Gasteiger partial charge on any atom is -0.393 e. The molecule has 1 aromatic heterocycles. The molecule has 0 amide bonds. The van der Waals surface area contributed by atoms with Gasteiger partial charge in [0.1, 0.15) is 0 Å². The molecule has 1 aliphatic rings. The van der Waals surface area contributed by atoms with E-state index in [2.05, 4.69) is 15.3 Å². The monoisotopic (exact) mass is 318 g/mol. The van der Waals surface area contributed by atoms with Gasteiger partial charge in [0.25, 0.3) is 6.43 Å². The molecule has 0 aliphatic carbocycles. The Morgan fingerprint density at radius 3 is 2.91 bits per heavy atom. The third-order valence-electron chi connectivity index (χ3n) is 3.58. The van der Waals surface area contributed by atoms with Gasteiger partial charge in [-0.05, 0) is 18.3 Å². The summed E-state index contributed by atoms with van der Waals surface area (Å²) in [5.41, 5.74) is -0.149. The molecule has 2 rings (SSSR count). The van der Waals surface area contributed by atoms with Crippen molar-refractivity contribution in [1.82, 2.24) is 9.97 Å². The van der Waals surface area contributed by atoms with Crippen molar-refractivity contribution in [2.45, 2.75) is 39.2 Å². The fraction of sp³-hybridized carbons (Fsp3) is 0.714. The lowest BCUT2D eigenvalue weighted by Crippen LogP contribution is -2.34. The van der Waals surface area contributed by atoms with Crippen LogP contribution < -0.4 is 10.2 Å². The number of aliphatic hydroxyl groups is 1. The first-order valence-electron chi connectivity index (χ1n) is 7.24. The molecule has 2 N–H and O–H groups in total. The van der Waals surface area contributed by atoms with Crippen LogP contribution >= 0.6 is 0 Å². The summed E-state index contributed by atoms with van der Waals surface area (Å²) in [7, 11) is 0. The summed E-state index contributed by atoms with van der Waals surface area (Å²) in [4.78, 5) is 9.82. The predicted molar refractivity (Wildman–Crippen MR) is 77.7 cm³/mol. The van der Waals surface area contributed by atoms with Gasteiger partial charge in [0.05, 0.1) is 18.8 Å². The quantitative estimate of drug-likeness (QED) is 0.892. The second-order valence-corrected chi connectivity index (χ2v) is 6.37. The highest BCUT2D eigenvalue weighted by atomic mass is 19.3. The number of alkyl halides is 2. The number of nitrogens with zero attached hydrogens (tertiary/aromatic N) is 3. The number of anilines is 2. The van der Waals surface area contributed by atoms with Crippen LogP contribution in [-0.2, 0) is 0 Å². The van der Waals surface area contributed by atoms with Crippen molar-refractivity contribution < 1.29 is 18.3 Å². The molecule has 0 bridgehead atoms. The smallest absolute Gasteiger partial charge is 0.255 e. The van der Waals surface area contributed by atoms with E-state index in [0.29, 0.717) is 25.9 Å². The molecule has 124 valence electrons. The van der Waals surface area contributed by atoms with Crippen molar-refractivity contribution in [1.29, 1.82) is 0 Å². The highest BCUT2D eigenvalue weighted by Crippen LogP contribution is 2.30. The molecule has 1 atom stereocenters. The van der Waals surface area contributed by atoms with Gasteiger partial charge in [-0.2, -0.15) is 4.98 Å². The second-order valence-electron chi connectivity index (χ2n) is 6.37. The molecule has 0 spiro atoms. The van der Waals surface area contributed by atoms with Crippen molar-refractivity contribution in [2.75, 3.05) is 29.9 Å². The van der Waals surface area contributed by atoms with Crippen molar-refractivity contribution in [3.05, 3.63) is 12.0 Å². The summed E-state index contributed by atoms with van der Waals surface area (Å²) in [6.07, 6.45) is -0.808. The maximum absolute atomic E-state index is 13.6. The first-order valence-corrected chi connectivity index (χ1v) is 7.24. The van der Waals surface area contributed by atoms with Crippen LogP contribution in [0.2, 0.25) is 0 Å². The largest absolute Gasteiger partial charge is 0.393 e. The lowest BCUT2D eigenvalue weighted by molar-refractivity contribution is 0.123. The zero-order chi connectivity index (χ0) is 16.3. The average molecular weight is 318 g/mol. The molecule has 22 heavy (non-hydrogen) atoms. The van der Waals surface area contributed by atoms with E-state index in [1.807, 2.05) is 18.7 Å².